The normalized spacial score (nSPS) is 22.5. The third-order valence-corrected chi connectivity index (χ3v) is 5.83. The predicted molar refractivity (Wildman–Crippen MR) is 106 cm³/mol. The van der Waals surface area contributed by atoms with E-state index in [1.54, 1.807) is 7.11 Å². The molecule has 0 saturated carbocycles. The van der Waals surface area contributed by atoms with Crippen LogP contribution in [-0.4, -0.2) is 55.0 Å². The van der Waals surface area contributed by atoms with E-state index in [1.807, 2.05) is 17.0 Å². The highest BCUT2D eigenvalue weighted by Gasteiger charge is 2.34. The number of amides is 1. The van der Waals surface area contributed by atoms with Crippen LogP contribution in [0.2, 0.25) is 0 Å². The van der Waals surface area contributed by atoms with Crippen molar-refractivity contribution in [2.24, 2.45) is 5.73 Å². The van der Waals surface area contributed by atoms with Gasteiger partial charge in [-0.05, 0) is 35.2 Å². The first-order chi connectivity index (χ1) is 13.1. The standard InChI is InChI=1S/C22H27N3O2/c1-27-19-8-6-17(7-9-19)20-13-25(14-21(20)23)22(26)15-24-11-10-16-4-2-3-5-18(16)12-24/h2-9,20-21H,10-15,23H2,1H3/t20-,21+/m0/s1. The SMILES string of the molecule is COc1ccc([C@@H]2CN(C(=O)CN3CCc4ccccc4C3)C[C@H]2N)cc1. The predicted octanol–water partition coefficient (Wildman–Crippen LogP) is 2.01. The zero-order valence-corrected chi connectivity index (χ0v) is 15.8. The Morgan fingerprint density at radius 1 is 1.11 bits per heavy atom. The number of benzene rings is 2. The highest BCUT2D eigenvalue weighted by Crippen LogP contribution is 2.28. The van der Waals surface area contributed by atoms with Crippen LogP contribution in [0.25, 0.3) is 0 Å². The lowest BCUT2D eigenvalue weighted by Crippen LogP contribution is -2.42. The van der Waals surface area contributed by atoms with Crippen LogP contribution in [0, 0.1) is 0 Å². The van der Waals surface area contributed by atoms with E-state index in [0.29, 0.717) is 19.6 Å². The summed E-state index contributed by atoms with van der Waals surface area (Å²) in [5, 5.41) is 0. The Labute approximate surface area is 160 Å². The number of fused-ring (bicyclic) bond motifs is 1. The Morgan fingerprint density at radius 2 is 1.85 bits per heavy atom. The lowest BCUT2D eigenvalue weighted by Gasteiger charge is -2.29. The molecule has 0 radical (unpaired) electrons. The zero-order valence-electron chi connectivity index (χ0n) is 15.8. The molecule has 2 aliphatic rings. The molecule has 0 bridgehead atoms. The van der Waals surface area contributed by atoms with Crippen molar-refractivity contribution < 1.29 is 9.53 Å². The molecule has 1 amide bonds. The molecule has 1 saturated heterocycles. The van der Waals surface area contributed by atoms with Gasteiger partial charge >= 0.3 is 0 Å². The van der Waals surface area contributed by atoms with Crippen LogP contribution in [0.5, 0.6) is 5.75 Å². The number of likely N-dealkylation sites (tertiary alicyclic amines) is 1. The number of carbonyl (C=O) groups is 1. The van der Waals surface area contributed by atoms with Gasteiger partial charge in [0.15, 0.2) is 0 Å². The molecule has 2 N–H and O–H groups in total. The van der Waals surface area contributed by atoms with Crippen molar-refractivity contribution in [1.29, 1.82) is 0 Å². The molecule has 2 atom stereocenters. The number of rotatable bonds is 4. The van der Waals surface area contributed by atoms with Gasteiger partial charge in [-0.3, -0.25) is 9.69 Å². The lowest BCUT2D eigenvalue weighted by molar-refractivity contribution is -0.131. The molecule has 5 nitrogen and oxygen atoms in total. The van der Waals surface area contributed by atoms with E-state index >= 15 is 0 Å². The molecule has 0 unspecified atom stereocenters. The summed E-state index contributed by atoms with van der Waals surface area (Å²) < 4.78 is 5.23. The van der Waals surface area contributed by atoms with E-state index in [2.05, 4.69) is 41.3 Å². The number of hydrogen-bond donors (Lipinski definition) is 1. The molecule has 0 aliphatic carbocycles. The summed E-state index contributed by atoms with van der Waals surface area (Å²) >= 11 is 0. The second-order valence-electron chi connectivity index (χ2n) is 7.57. The third kappa shape index (κ3) is 3.84. The fraction of sp³-hybridized carbons (Fsp3) is 0.409. The van der Waals surface area contributed by atoms with Gasteiger partial charge in [0.2, 0.25) is 5.91 Å². The van der Waals surface area contributed by atoms with Crippen molar-refractivity contribution in [1.82, 2.24) is 9.80 Å². The lowest BCUT2D eigenvalue weighted by atomic mass is 9.95. The Bertz CT molecular complexity index is 805. The van der Waals surface area contributed by atoms with Gasteiger partial charge in [-0.25, -0.2) is 0 Å². The maximum absolute atomic E-state index is 12.9. The van der Waals surface area contributed by atoms with Crippen molar-refractivity contribution in [2.45, 2.75) is 24.9 Å². The Morgan fingerprint density at radius 3 is 2.59 bits per heavy atom. The molecule has 2 aliphatic heterocycles. The monoisotopic (exact) mass is 365 g/mol. The van der Waals surface area contributed by atoms with Crippen LogP contribution in [0.15, 0.2) is 48.5 Å². The van der Waals surface area contributed by atoms with E-state index in [-0.39, 0.29) is 17.9 Å². The highest BCUT2D eigenvalue weighted by molar-refractivity contribution is 5.79. The largest absolute Gasteiger partial charge is 0.497 e. The number of hydrogen-bond acceptors (Lipinski definition) is 4. The first kappa shape index (κ1) is 18.0. The van der Waals surface area contributed by atoms with Crippen LogP contribution in [0.4, 0.5) is 0 Å². The molecule has 2 aromatic carbocycles. The molecule has 2 heterocycles. The minimum Gasteiger partial charge on any atom is -0.497 e. The number of carbonyl (C=O) groups excluding carboxylic acids is 1. The molecule has 27 heavy (non-hydrogen) atoms. The van der Waals surface area contributed by atoms with Gasteiger partial charge in [0, 0.05) is 38.1 Å². The highest BCUT2D eigenvalue weighted by atomic mass is 16.5. The van der Waals surface area contributed by atoms with Gasteiger partial charge in [0.05, 0.1) is 13.7 Å². The summed E-state index contributed by atoms with van der Waals surface area (Å²) in [6.45, 7) is 3.57. The molecule has 2 aromatic rings. The molecule has 0 aromatic heterocycles. The quantitative estimate of drug-likeness (QED) is 0.900. The third-order valence-electron chi connectivity index (χ3n) is 5.83. The van der Waals surface area contributed by atoms with Gasteiger partial charge in [-0.1, -0.05) is 36.4 Å². The van der Waals surface area contributed by atoms with Gasteiger partial charge in [-0.2, -0.15) is 0 Å². The van der Waals surface area contributed by atoms with Crippen LogP contribution >= 0.6 is 0 Å². The molecular weight excluding hydrogens is 338 g/mol. The number of methoxy groups -OCH3 is 1. The summed E-state index contributed by atoms with van der Waals surface area (Å²) in [4.78, 5) is 17.0. The first-order valence-corrected chi connectivity index (χ1v) is 9.60. The minimum absolute atomic E-state index is 0.0237. The second kappa shape index (κ2) is 7.71. The fourth-order valence-electron chi connectivity index (χ4n) is 4.22. The molecule has 0 spiro atoms. The van der Waals surface area contributed by atoms with Crippen LogP contribution < -0.4 is 10.5 Å². The van der Waals surface area contributed by atoms with Crippen LogP contribution in [0.3, 0.4) is 0 Å². The van der Waals surface area contributed by atoms with Gasteiger partial charge in [0.1, 0.15) is 5.75 Å². The van der Waals surface area contributed by atoms with E-state index in [9.17, 15) is 4.79 Å². The van der Waals surface area contributed by atoms with Crippen molar-refractivity contribution in [3.63, 3.8) is 0 Å². The molecule has 142 valence electrons. The van der Waals surface area contributed by atoms with Gasteiger partial charge in [0.25, 0.3) is 0 Å². The fourth-order valence-corrected chi connectivity index (χ4v) is 4.22. The smallest absolute Gasteiger partial charge is 0.236 e. The van der Waals surface area contributed by atoms with E-state index < -0.39 is 0 Å². The molecular formula is C22H27N3O2. The summed E-state index contributed by atoms with van der Waals surface area (Å²) in [7, 11) is 1.66. The molecule has 5 heteroatoms. The summed E-state index contributed by atoms with van der Waals surface area (Å²) in [6, 6.07) is 16.5. The van der Waals surface area contributed by atoms with E-state index in [1.165, 1.54) is 16.7 Å². The molecule has 4 rings (SSSR count). The average molecular weight is 365 g/mol. The zero-order chi connectivity index (χ0) is 18.8. The van der Waals surface area contributed by atoms with Gasteiger partial charge < -0.3 is 15.4 Å². The number of ether oxygens (including phenoxy) is 1. The Hall–Kier alpha value is -2.37. The van der Waals surface area contributed by atoms with Crippen LogP contribution in [0.1, 0.15) is 22.6 Å². The minimum atomic E-state index is -0.0237. The van der Waals surface area contributed by atoms with Crippen molar-refractivity contribution >= 4 is 5.91 Å². The maximum atomic E-state index is 12.9. The number of nitrogens with two attached hydrogens (primary N) is 1. The first-order valence-electron chi connectivity index (χ1n) is 9.60. The summed E-state index contributed by atoms with van der Waals surface area (Å²) in [6.07, 6.45) is 1.01. The summed E-state index contributed by atoms with van der Waals surface area (Å²) in [5.74, 6) is 1.20. The van der Waals surface area contributed by atoms with Gasteiger partial charge in [-0.15, -0.1) is 0 Å². The summed E-state index contributed by atoms with van der Waals surface area (Å²) in [5.41, 5.74) is 10.3. The van der Waals surface area contributed by atoms with Crippen LogP contribution in [-0.2, 0) is 17.8 Å². The Kier molecular flexibility index (Phi) is 5.14. The van der Waals surface area contributed by atoms with Crippen molar-refractivity contribution in [3.8, 4) is 5.75 Å². The van der Waals surface area contributed by atoms with Crippen molar-refractivity contribution in [3.05, 3.63) is 65.2 Å². The second-order valence-corrected chi connectivity index (χ2v) is 7.57. The Balaban J connectivity index is 1.37. The maximum Gasteiger partial charge on any atom is 0.236 e. The van der Waals surface area contributed by atoms with E-state index in [4.69, 9.17) is 10.5 Å². The average Bonchev–Trinajstić information content (AvgIpc) is 3.10. The van der Waals surface area contributed by atoms with E-state index in [0.717, 1.165) is 25.3 Å². The molecule has 1 fully saturated rings. The van der Waals surface area contributed by atoms with Crippen molar-refractivity contribution in [2.75, 3.05) is 33.3 Å². The topological polar surface area (TPSA) is 58.8 Å². The number of nitrogens with zero attached hydrogens (tertiary/aromatic N) is 2.